The van der Waals surface area contributed by atoms with Crippen LogP contribution in [-0.4, -0.2) is 11.9 Å². The average Bonchev–Trinajstić information content (AvgIpc) is 2.42. The lowest BCUT2D eigenvalue weighted by Gasteiger charge is -2.25. The fourth-order valence-electron chi connectivity index (χ4n) is 2.30. The first-order chi connectivity index (χ1) is 9.24. The molecule has 2 nitrogen and oxygen atoms in total. The highest BCUT2D eigenvalue weighted by molar-refractivity contribution is 5.87. The Morgan fingerprint density at radius 2 is 1.84 bits per heavy atom. The fourth-order valence-corrected chi connectivity index (χ4v) is 2.30. The van der Waals surface area contributed by atoms with Crippen LogP contribution in [0.15, 0.2) is 48.5 Å². The van der Waals surface area contributed by atoms with Crippen molar-refractivity contribution >= 4 is 5.78 Å². The Labute approximate surface area is 110 Å². The number of rotatable bonds is 2. The van der Waals surface area contributed by atoms with Gasteiger partial charge in [0.25, 0.3) is 0 Å². The lowest BCUT2D eigenvalue weighted by molar-refractivity contribution is -0.126. The van der Waals surface area contributed by atoms with Gasteiger partial charge in [-0.15, -0.1) is 0 Å². The summed E-state index contributed by atoms with van der Waals surface area (Å²) in [6.07, 6.45) is 0.0431. The van der Waals surface area contributed by atoms with E-state index in [1.807, 2.05) is 24.3 Å². The van der Waals surface area contributed by atoms with Crippen molar-refractivity contribution in [3.8, 4) is 5.75 Å². The maximum Gasteiger partial charge on any atom is 0.178 e. The molecule has 0 bridgehead atoms. The monoisotopic (exact) mass is 256 g/mol. The van der Waals surface area contributed by atoms with E-state index in [0.717, 1.165) is 11.3 Å². The number of ether oxygens (including phenoxy) is 1. The van der Waals surface area contributed by atoms with Crippen LogP contribution < -0.4 is 4.74 Å². The molecule has 1 atom stereocenters. The van der Waals surface area contributed by atoms with Gasteiger partial charge >= 0.3 is 0 Å². The minimum Gasteiger partial charge on any atom is -0.482 e. The number of Topliss-reactive ketones (excluding diaryl/α,β-unsaturated/α-hetero) is 1. The lowest BCUT2D eigenvalue weighted by atomic mass is 9.96. The number of halogens is 1. The van der Waals surface area contributed by atoms with E-state index in [1.165, 1.54) is 6.07 Å². The molecule has 2 aromatic rings. The molecule has 0 N–H and O–H groups in total. The van der Waals surface area contributed by atoms with Crippen LogP contribution in [0.3, 0.4) is 0 Å². The fraction of sp³-hybridized carbons (Fsp3) is 0.188. The maximum absolute atomic E-state index is 13.6. The van der Waals surface area contributed by atoms with Gasteiger partial charge in [0.15, 0.2) is 11.9 Å². The van der Waals surface area contributed by atoms with Gasteiger partial charge < -0.3 is 4.74 Å². The summed E-state index contributed by atoms with van der Waals surface area (Å²) in [4.78, 5) is 12.0. The third-order valence-electron chi connectivity index (χ3n) is 3.33. The normalized spacial score (nSPS) is 17.7. The summed E-state index contributed by atoms with van der Waals surface area (Å²) in [5.41, 5.74) is 1.41. The predicted octanol–water partition coefficient (Wildman–Crippen LogP) is 2.94. The number of carbonyl (C=O) groups excluding carboxylic acids is 1. The highest BCUT2D eigenvalue weighted by Gasteiger charge is 2.28. The average molecular weight is 256 g/mol. The van der Waals surface area contributed by atoms with Crippen LogP contribution in [0.25, 0.3) is 0 Å². The van der Waals surface area contributed by atoms with E-state index in [9.17, 15) is 9.18 Å². The molecule has 0 aromatic heterocycles. The Morgan fingerprint density at radius 3 is 2.68 bits per heavy atom. The summed E-state index contributed by atoms with van der Waals surface area (Å²) in [6, 6.07) is 14.0. The minimum absolute atomic E-state index is 0.00181. The van der Waals surface area contributed by atoms with Crippen LogP contribution in [0.5, 0.6) is 5.75 Å². The number of para-hydroxylation sites is 1. The molecule has 0 aliphatic carbocycles. The second-order valence-electron chi connectivity index (χ2n) is 4.65. The van der Waals surface area contributed by atoms with Gasteiger partial charge in [-0.05, 0) is 17.7 Å². The Hall–Kier alpha value is -2.16. The summed E-state index contributed by atoms with van der Waals surface area (Å²) in [7, 11) is 0. The minimum atomic E-state index is -0.591. The maximum atomic E-state index is 13.6. The van der Waals surface area contributed by atoms with E-state index in [1.54, 1.807) is 18.2 Å². The number of benzene rings is 2. The Bertz CT molecular complexity index is 622. The molecule has 0 saturated carbocycles. The van der Waals surface area contributed by atoms with E-state index in [0.29, 0.717) is 12.0 Å². The SMILES string of the molecule is O=C1Cc2ccccc2OC1Cc1ccccc1F. The third kappa shape index (κ3) is 2.36. The number of carbonyl (C=O) groups is 1. The van der Waals surface area contributed by atoms with E-state index >= 15 is 0 Å². The molecule has 0 spiro atoms. The van der Waals surface area contributed by atoms with Gasteiger partial charge in [-0.3, -0.25) is 4.79 Å². The molecule has 1 aliphatic heterocycles. The Kier molecular flexibility index (Phi) is 3.03. The standard InChI is InChI=1S/C16H13FO2/c17-13-7-3-1-5-11(13)10-16-14(18)9-12-6-2-4-8-15(12)19-16/h1-8,16H,9-10H2. The summed E-state index contributed by atoms with van der Waals surface area (Å²) in [5, 5.41) is 0. The van der Waals surface area contributed by atoms with Gasteiger partial charge in [-0.2, -0.15) is 0 Å². The molecule has 0 fully saturated rings. The lowest BCUT2D eigenvalue weighted by Crippen LogP contribution is -2.35. The third-order valence-corrected chi connectivity index (χ3v) is 3.33. The van der Waals surface area contributed by atoms with Gasteiger partial charge in [-0.1, -0.05) is 36.4 Å². The summed E-state index contributed by atoms with van der Waals surface area (Å²) in [5.74, 6) is 0.433. The summed E-state index contributed by atoms with van der Waals surface area (Å²) < 4.78 is 19.3. The van der Waals surface area contributed by atoms with Crippen molar-refractivity contribution in [2.45, 2.75) is 18.9 Å². The molecule has 3 rings (SSSR count). The predicted molar refractivity (Wildman–Crippen MR) is 69.7 cm³/mol. The number of hydrogen-bond donors (Lipinski definition) is 0. The molecule has 19 heavy (non-hydrogen) atoms. The number of fused-ring (bicyclic) bond motifs is 1. The molecule has 96 valence electrons. The van der Waals surface area contributed by atoms with Crippen LogP contribution >= 0.6 is 0 Å². The van der Waals surface area contributed by atoms with Crippen molar-refractivity contribution in [2.24, 2.45) is 0 Å². The van der Waals surface area contributed by atoms with Gasteiger partial charge in [0.05, 0.1) is 0 Å². The topological polar surface area (TPSA) is 26.3 Å². The van der Waals surface area contributed by atoms with Gasteiger partial charge in [0.2, 0.25) is 0 Å². The highest BCUT2D eigenvalue weighted by Crippen LogP contribution is 2.27. The van der Waals surface area contributed by atoms with Crippen molar-refractivity contribution in [1.82, 2.24) is 0 Å². The van der Waals surface area contributed by atoms with Gasteiger partial charge in [0.1, 0.15) is 11.6 Å². The van der Waals surface area contributed by atoms with Crippen molar-refractivity contribution < 1.29 is 13.9 Å². The van der Waals surface area contributed by atoms with E-state index in [-0.39, 0.29) is 18.0 Å². The van der Waals surface area contributed by atoms with Crippen molar-refractivity contribution in [3.63, 3.8) is 0 Å². The van der Waals surface area contributed by atoms with E-state index < -0.39 is 6.10 Å². The second-order valence-corrected chi connectivity index (χ2v) is 4.65. The smallest absolute Gasteiger partial charge is 0.178 e. The van der Waals surface area contributed by atoms with Gasteiger partial charge in [-0.25, -0.2) is 4.39 Å². The Morgan fingerprint density at radius 1 is 1.11 bits per heavy atom. The molecule has 1 heterocycles. The zero-order valence-electron chi connectivity index (χ0n) is 10.3. The van der Waals surface area contributed by atoms with Crippen molar-refractivity contribution in [3.05, 3.63) is 65.5 Å². The molecule has 3 heteroatoms. The molecule has 0 amide bonds. The number of ketones is 1. The van der Waals surface area contributed by atoms with Crippen LogP contribution in [0.2, 0.25) is 0 Å². The van der Waals surface area contributed by atoms with Crippen LogP contribution in [-0.2, 0) is 17.6 Å². The zero-order chi connectivity index (χ0) is 13.2. The van der Waals surface area contributed by atoms with Crippen molar-refractivity contribution in [1.29, 1.82) is 0 Å². The first kappa shape index (κ1) is 11.9. The summed E-state index contributed by atoms with van der Waals surface area (Å²) in [6.45, 7) is 0. The van der Waals surface area contributed by atoms with Crippen LogP contribution in [0.4, 0.5) is 4.39 Å². The highest BCUT2D eigenvalue weighted by atomic mass is 19.1. The first-order valence-electron chi connectivity index (χ1n) is 6.25. The largest absolute Gasteiger partial charge is 0.482 e. The molecule has 1 unspecified atom stereocenters. The zero-order valence-corrected chi connectivity index (χ0v) is 10.3. The molecular formula is C16H13FO2. The Balaban J connectivity index is 1.84. The molecule has 0 radical (unpaired) electrons. The molecule has 2 aromatic carbocycles. The van der Waals surface area contributed by atoms with E-state index in [4.69, 9.17) is 4.74 Å². The molecular weight excluding hydrogens is 243 g/mol. The first-order valence-corrected chi connectivity index (χ1v) is 6.25. The van der Waals surface area contributed by atoms with Crippen molar-refractivity contribution in [2.75, 3.05) is 0 Å². The van der Waals surface area contributed by atoms with E-state index in [2.05, 4.69) is 0 Å². The molecule has 0 saturated heterocycles. The van der Waals surface area contributed by atoms with Crippen LogP contribution in [0, 0.1) is 5.82 Å². The van der Waals surface area contributed by atoms with Crippen LogP contribution in [0.1, 0.15) is 11.1 Å². The van der Waals surface area contributed by atoms with Gasteiger partial charge in [0, 0.05) is 18.4 Å². The second kappa shape index (κ2) is 4.84. The quantitative estimate of drug-likeness (QED) is 0.825. The summed E-state index contributed by atoms with van der Waals surface area (Å²) >= 11 is 0. The molecule has 1 aliphatic rings. The number of hydrogen-bond acceptors (Lipinski definition) is 2.